The number of hydrogen-bond acceptors (Lipinski definition) is 3. The molecule has 0 radical (unpaired) electrons. The van der Waals surface area contributed by atoms with Crippen LogP contribution in [0.15, 0.2) is 35.1 Å². The number of carboxylic acid groups (broad SMARTS) is 1. The second-order valence-electron chi connectivity index (χ2n) is 7.04. The Kier molecular flexibility index (Phi) is 4.33. The van der Waals surface area contributed by atoms with Crippen molar-refractivity contribution in [2.75, 3.05) is 0 Å². The molecule has 6 nitrogen and oxygen atoms in total. The van der Waals surface area contributed by atoms with Gasteiger partial charge in [0.2, 0.25) is 0 Å². The van der Waals surface area contributed by atoms with Gasteiger partial charge in [-0.2, -0.15) is 0 Å². The van der Waals surface area contributed by atoms with E-state index in [1.807, 2.05) is 0 Å². The van der Waals surface area contributed by atoms with E-state index >= 15 is 0 Å². The number of halogens is 2. The highest BCUT2D eigenvalue weighted by molar-refractivity contribution is 6.07. The molecule has 1 amide bonds. The number of carbonyl (C=O) groups excluding carboxylic acids is 1. The molecule has 3 aromatic rings. The van der Waals surface area contributed by atoms with Gasteiger partial charge in [0.15, 0.2) is 5.43 Å². The van der Waals surface area contributed by atoms with Gasteiger partial charge in [-0.1, -0.05) is 0 Å². The van der Waals surface area contributed by atoms with Gasteiger partial charge in [-0.3, -0.25) is 14.4 Å². The Morgan fingerprint density at radius 3 is 2.54 bits per heavy atom. The highest BCUT2D eigenvalue weighted by atomic mass is 19.1. The summed E-state index contributed by atoms with van der Waals surface area (Å²) in [6, 6.07) is 5.30. The summed E-state index contributed by atoms with van der Waals surface area (Å²) in [5.74, 6) is -3.39. The van der Waals surface area contributed by atoms with Gasteiger partial charge >= 0.3 is 5.97 Å². The van der Waals surface area contributed by atoms with Gasteiger partial charge in [0.05, 0.1) is 17.0 Å². The summed E-state index contributed by atoms with van der Waals surface area (Å²) in [5, 5.41) is 11.8. The number of H-pyrrole nitrogens is 1. The maximum absolute atomic E-state index is 14.1. The molecule has 0 unspecified atom stereocenters. The van der Waals surface area contributed by atoms with Crippen LogP contribution in [0.5, 0.6) is 0 Å². The van der Waals surface area contributed by atoms with E-state index < -0.39 is 34.9 Å². The molecule has 0 spiro atoms. The van der Waals surface area contributed by atoms with Crippen molar-refractivity contribution in [3.63, 3.8) is 0 Å². The normalized spacial score (nSPS) is 19.2. The standard InChI is InChI=1S/C20H16F2N2O4/c21-10-2-4-16-13(6-10)18(25)14-7-11(22)8-15(17(14)24-16)19(26)23-12-3-1-9(5-12)20(27)28/h2,4,6-9,12H,1,3,5H2,(H,23,26)(H,24,25)(H,27,28)/t9-,12+/m0/s1. The SMILES string of the molecule is O=C(N[C@@H]1CC[C@H](C(=O)O)C1)c1cc(F)cc2c(=O)c3cc(F)ccc3[nH]c12. The van der Waals surface area contributed by atoms with E-state index in [1.54, 1.807) is 0 Å². The molecule has 2 atom stereocenters. The minimum Gasteiger partial charge on any atom is -0.481 e. The maximum atomic E-state index is 14.1. The van der Waals surface area contributed by atoms with Crippen LogP contribution in [0.25, 0.3) is 21.8 Å². The fraction of sp³-hybridized carbons (Fsp3) is 0.250. The molecule has 0 bridgehead atoms. The van der Waals surface area contributed by atoms with E-state index in [9.17, 15) is 23.2 Å². The third kappa shape index (κ3) is 3.11. The van der Waals surface area contributed by atoms with Crippen LogP contribution in [0.3, 0.4) is 0 Å². The highest BCUT2D eigenvalue weighted by Crippen LogP contribution is 2.27. The predicted octanol–water partition coefficient (Wildman–Crippen LogP) is 2.94. The minimum atomic E-state index is -0.906. The van der Waals surface area contributed by atoms with Gasteiger partial charge in [0, 0.05) is 22.3 Å². The molecule has 1 aliphatic carbocycles. The number of aliphatic carboxylic acids is 1. The number of pyridine rings is 1. The molecule has 1 saturated carbocycles. The summed E-state index contributed by atoms with van der Waals surface area (Å²) in [6.45, 7) is 0. The number of hydrogen-bond donors (Lipinski definition) is 3. The summed E-state index contributed by atoms with van der Waals surface area (Å²) in [4.78, 5) is 39.4. The topological polar surface area (TPSA) is 99.3 Å². The molecular formula is C20H16F2N2O4. The van der Waals surface area contributed by atoms with Gasteiger partial charge in [-0.25, -0.2) is 8.78 Å². The van der Waals surface area contributed by atoms with Gasteiger partial charge in [0.1, 0.15) is 11.6 Å². The van der Waals surface area contributed by atoms with Gasteiger partial charge in [-0.15, -0.1) is 0 Å². The van der Waals surface area contributed by atoms with Crippen molar-refractivity contribution >= 4 is 33.7 Å². The molecule has 0 aliphatic heterocycles. The summed E-state index contributed by atoms with van der Waals surface area (Å²) in [5.41, 5.74) is -0.164. The molecule has 1 aliphatic rings. The first-order chi connectivity index (χ1) is 13.3. The van der Waals surface area contributed by atoms with E-state index in [2.05, 4.69) is 10.3 Å². The fourth-order valence-electron chi connectivity index (χ4n) is 3.79. The first-order valence-electron chi connectivity index (χ1n) is 8.82. The number of fused-ring (bicyclic) bond motifs is 2. The number of carbonyl (C=O) groups is 2. The summed E-state index contributed by atoms with van der Waals surface area (Å²) < 4.78 is 27.6. The Morgan fingerprint density at radius 2 is 1.82 bits per heavy atom. The average molecular weight is 386 g/mol. The molecule has 8 heteroatoms. The number of amides is 1. The molecule has 144 valence electrons. The lowest BCUT2D eigenvalue weighted by molar-refractivity contribution is -0.141. The number of carboxylic acids is 1. The van der Waals surface area contributed by atoms with E-state index in [0.29, 0.717) is 24.8 Å². The monoisotopic (exact) mass is 386 g/mol. The van der Waals surface area contributed by atoms with Crippen LogP contribution in [0.2, 0.25) is 0 Å². The zero-order valence-electron chi connectivity index (χ0n) is 14.6. The van der Waals surface area contributed by atoms with Crippen LogP contribution in [0.4, 0.5) is 8.78 Å². The Labute approximate surface area is 157 Å². The smallest absolute Gasteiger partial charge is 0.306 e. The quantitative estimate of drug-likeness (QED) is 0.603. The van der Waals surface area contributed by atoms with Crippen molar-refractivity contribution in [2.24, 2.45) is 5.92 Å². The molecule has 3 N–H and O–H groups in total. The van der Waals surface area contributed by atoms with Gasteiger partial charge in [-0.05, 0) is 49.6 Å². The van der Waals surface area contributed by atoms with Crippen molar-refractivity contribution in [3.8, 4) is 0 Å². The van der Waals surface area contributed by atoms with Crippen LogP contribution in [0.1, 0.15) is 29.6 Å². The van der Waals surface area contributed by atoms with Crippen LogP contribution in [-0.4, -0.2) is 28.0 Å². The van der Waals surface area contributed by atoms with Gasteiger partial charge in [0.25, 0.3) is 5.91 Å². The molecule has 2 aromatic carbocycles. The fourth-order valence-corrected chi connectivity index (χ4v) is 3.79. The first-order valence-corrected chi connectivity index (χ1v) is 8.82. The maximum Gasteiger partial charge on any atom is 0.306 e. The number of nitrogens with one attached hydrogen (secondary N) is 2. The number of benzene rings is 2. The van der Waals surface area contributed by atoms with Crippen LogP contribution >= 0.6 is 0 Å². The largest absolute Gasteiger partial charge is 0.481 e. The van der Waals surface area contributed by atoms with E-state index in [0.717, 1.165) is 18.2 Å². The molecule has 0 saturated heterocycles. The number of aromatic amines is 1. The minimum absolute atomic E-state index is 0.0573. The van der Waals surface area contributed by atoms with Crippen LogP contribution < -0.4 is 10.7 Å². The third-order valence-corrected chi connectivity index (χ3v) is 5.20. The van der Waals surface area contributed by atoms with Crippen molar-refractivity contribution in [1.29, 1.82) is 0 Å². The zero-order valence-corrected chi connectivity index (χ0v) is 14.6. The van der Waals surface area contributed by atoms with E-state index in [-0.39, 0.29) is 27.9 Å². The van der Waals surface area contributed by atoms with Gasteiger partial charge < -0.3 is 15.4 Å². The van der Waals surface area contributed by atoms with Crippen molar-refractivity contribution < 1.29 is 23.5 Å². The molecule has 4 rings (SSSR count). The Hall–Kier alpha value is -3.29. The first kappa shape index (κ1) is 18.1. The Bertz CT molecular complexity index is 1190. The van der Waals surface area contributed by atoms with Crippen LogP contribution in [0, 0.1) is 17.6 Å². The second kappa shape index (κ2) is 6.70. The van der Waals surface area contributed by atoms with Crippen molar-refractivity contribution in [3.05, 3.63) is 57.8 Å². The molecule has 28 heavy (non-hydrogen) atoms. The molecule has 1 heterocycles. The number of rotatable bonds is 3. The predicted molar refractivity (Wildman–Crippen MR) is 98.2 cm³/mol. The van der Waals surface area contributed by atoms with E-state index in [1.165, 1.54) is 12.1 Å². The number of aromatic nitrogens is 1. The average Bonchev–Trinajstić information content (AvgIpc) is 3.11. The van der Waals surface area contributed by atoms with Crippen molar-refractivity contribution in [1.82, 2.24) is 10.3 Å². The Morgan fingerprint density at radius 1 is 1.07 bits per heavy atom. The third-order valence-electron chi connectivity index (χ3n) is 5.20. The Balaban J connectivity index is 1.77. The summed E-state index contributed by atoms with van der Waals surface area (Å²) in [6.07, 6.45) is 1.26. The summed E-state index contributed by atoms with van der Waals surface area (Å²) >= 11 is 0. The lowest BCUT2D eigenvalue weighted by Gasteiger charge is -2.14. The lowest BCUT2D eigenvalue weighted by atomic mass is 10.0. The molecule has 1 fully saturated rings. The lowest BCUT2D eigenvalue weighted by Crippen LogP contribution is -2.33. The van der Waals surface area contributed by atoms with E-state index in [4.69, 9.17) is 5.11 Å². The van der Waals surface area contributed by atoms with Crippen LogP contribution in [-0.2, 0) is 4.79 Å². The highest BCUT2D eigenvalue weighted by Gasteiger charge is 2.31. The molecular weight excluding hydrogens is 370 g/mol. The second-order valence-corrected chi connectivity index (χ2v) is 7.04. The molecule has 1 aromatic heterocycles. The zero-order chi connectivity index (χ0) is 20.0. The summed E-state index contributed by atoms with van der Waals surface area (Å²) in [7, 11) is 0. The van der Waals surface area contributed by atoms with Crippen molar-refractivity contribution in [2.45, 2.75) is 25.3 Å².